The summed E-state index contributed by atoms with van der Waals surface area (Å²) in [5.74, 6) is 0.845. The number of likely N-dealkylation sites (N-methyl/N-ethyl adjacent to an activating group) is 1. The molecule has 14 heavy (non-hydrogen) atoms. The van der Waals surface area contributed by atoms with Crippen molar-refractivity contribution >= 4 is 5.91 Å². The Hall–Kier alpha value is -0.830. The predicted molar refractivity (Wildman–Crippen MR) is 52.6 cm³/mol. The lowest BCUT2D eigenvalue weighted by Crippen LogP contribution is -2.50. The number of carbonyl (C=O) groups is 1. The lowest BCUT2D eigenvalue weighted by Gasteiger charge is -2.56. The Labute approximate surface area is 84.4 Å². The van der Waals surface area contributed by atoms with Gasteiger partial charge in [-0.1, -0.05) is 19.9 Å². The summed E-state index contributed by atoms with van der Waals surface area (Å²) in [4.78, 5) is 11.6. The highest BCUT2D eigenvalue weighted by molar-refractivity contribution is 5.93. The zero-order chi connectivity index (χ0) is 10.5. The Balaban J connectivity index is 2.23. The summed E-state index contributed by atoms with van der Waals surface area (Å²) >= 11 is 0. The molecule has 2 atom stereocenters. The van der Waals surface area contributed by atoms with Gasteiger partial charge in [-0.15, -0.1) is 0 Å². The molecule has 0 aromatic heterocycles. The van der Waals surface area contributed by atoms with Gasteiger partial charge in [0.2, 0.25) is 0 Å². The largest absolute Gasteiger partial charge is 0.286 e. The molecule has 0 aliphatic heterocycles. The van der Waals surface area contributed by atoms with Gasteiger partial charge in [0.25, 0.3) is 5.91 Å². The van der Waals surface area contributed by atoms with E-state index in [-0.39, 0.29) is 11.3 Å². The summed E-state index contributed by atoms with van der Waals surface area (Å²) < 4.78 is 0. The molecule has 78 valence electrons. The van der Waals surface area contributed by atoms with Crippen LogP contribution in [0.25, 0.3) is 0 Å². The van der Waals surface area contributed by atoms with Gasteiger partial charge >= 0.3 is 0 Å². The monoisotopic (exact) mass is 195 g/mol. The first-order chi connectivity index (χ1) is 6.44. The quantitative estimate of drug-likeness (QED) is 0.512. The summed E-state index contributed by atoms with van der Waals surface area (Å²) in [6.45, 7) is 4.42. The molecule has 3 heteroatoms. The number of rotatable bonds is 1. The number of hydroxylamine groups is 2. The van der Waals surface area contributed by atoms with Gasteiger partial charge in [-0.25, -0.2) is 5.06 Å². The summed E-state index contributed by atoms with van der Waals surface area (Å²) in [7, 11) is 1.39. The van der Waals surface area contributed by atoms with E-state index in [2.05, 4.69) is 13.8 Å². The van der Waals surface area contributed by atoms with Crippen LogP contribution in [0.2, 0.25) is 0 Å². The van der Waals surface area contributed by atoms with Crippen LogP contribution in [0.5, 0.6) is 0 Å². The highest BCUT2D eigenvalue weighted by Crippen LogP contribution is 2.59. The summed E-state index contributed by atoms with van der Waals surface area (Å²) in [5.41, 5.74) is 1.05. The van der Waals surface area contributed by atoms with E-state index in [1.165, 1.54) is 7.05 Å². The molecule has 0 aromatic carbocycles. The molecule has 3 aliphatic carbocycles. The second kappa shape index (κ2) is 2.83. The van der Waals surface area contributed by atoms with E-state index in [0.29, 0.717) is 11.0 Å². The first kappa shape index (κ1) is 9.71. The smallest absolute Gasteiger partial charge is 0.272 e. The molecule has 1 saturated carbocycles. The fourth-order valence-electron chi connectivity index (χ4n) is 2.78. The van der Waals surface area contributed by atoms with Gasteiger partial charge in [0.05, 0.1) is 0 Å². The highest BCUT2D eigenvalue weighted by atomic mass is 16.5. The van der Waals surface area contributed by atoms with Crippen molar-refractivity contribution in [2.45, 2.75) is 26.7 Å². The van der Waals surface area contributed by atoms with Crippen molar-refractivity contribution < 1.29 is 10.0 Å². The summed E-state index contributed by atoms with van der Waals surface area (Å²) in [6, 6.07) is 0. The van der Waals surface area contributed by atoms with Gasteiger partial charge < -0.3 is 0 Å². The molecule has 1 fully saturated rings. The average Bonchev–Trinajstić information content (AvgIpc) is 2.16. The van der Waals surface area contributed by atoms with E-state index in [1.807, 2.05) is 6.08 Å². The van der Waals surface area contributed by atoms with Gasteiger partial charge in [-0.2, -0.15) is 0 Å². The second-order valence-electron chi connectivity index (χ2n) is 5.03. The maximum atomic E-state index is 11.6. The SMILES string of the molecule is CN(O)C(=O)C1=CCC2CC1C2(C)C. The molecule has 3 rings (SSSR count). The van der Waals surface area contributed by atoms with Crippen LogP contribution in [0, 0.1) is 17.3 Å². The van der Waals surface area contributed by atoms with Crippen LogP contribution in [0.3, 0.4) is 0 Å². The molecule has 3 nitrogen and oxygen atoms in total. The Bertz CT molecular complexity index is 304. The molecule has 1 N–H and O–H groups in total. The molecule has 1 amide bonds. The predicted octanol–water partition coefficient (Wildman–Crippen LogP) is 1.83. The lowest BCUT2D eigenvalue weighted by atomic mass is 9.49. The second-order valence-corrected chi connectivity index (χ2v) is 5.03. The lowest BCUT2D eigenvalue weighted by molar-refractivity contribution is -0.158. The number of amides is 1. The molecule has 0 saturated heterocycles. The van der Waals surface area contributed by atoms with Crippen LogP contribution >= 0.6 is 0 Å². The van der Waals surface area contributed by atoms with Gasteiger partial charge in [-0.05, 0) is 30.1 Å². The van der Waals surface area contributed by atoms with Crippen LogP contribution < -0.4 is 0 Å². The molecule has 0 spiro atoms. The van der Waals surface area contributed by atoms with Crippen molar-refractivity contribution in [3.8, 4) is 0 Å². The minimum absolute atomic E-state index is 0.235. The van der Waals surface area contributed by atoms with Crippen molar-refractivity contribution in [3.05, 3.63) is 11.6 Å². The summed E-state index contributed by atoms with van der Waals surface area (Å²) in [6.07, 6.45) is 4.09. The Kier molecular flexibility index (Phi) is 1.96. The van der Waals surface area contributed by atoms with Crippen molar-refractivity contribution in [1.82, 2.24) is 5.06 Å². The standard InChI is InChI=1S/C11H17NO2/c1-11(2)7-4-5-8(9(11)6-7)10(13)12(3)14/h5,7,9,14H,4,6H2,1-3H3. The fourth-order valence-corrected chi connectivity index (χ4v) is 2.78. The van der Waals surface area contributed by atoms with E-state index in [1.54, 1.807) is 0 Å². The van der Waals surface area contributed by atoms with Crippen LogP contribution in [-0.4, -0.2) is 23.2 Å². The number of nitrogens with zero attached hydrogens (tertiary/aromatic N) is 1. The fraction of sp³-hybridized carbons (Fsp3) is 0.727. The van der Waals surface area contributed by atoms with Gasteiger partial charge in [0.1, 0.15) is 0 Å². The zero-order valence-corrected chi connectivity index (χ0v) is 8.95. The number of allylic oxidation sites excluding steroid dienone is 1. The maximum absolute atomic E-state index is 11.6. The van der Waals surface area contributed by atoms with Crippen LogP contribution in [-0.2, 0) is 4.79 Å². The molecule has 2 bridgehead atoms. The van der Waals surface area contributed by atoms with E-state index in [4.69, 9.17) is 5.21 Å². The van der Waals surface area contributed by atoms with E-state index in [9.17, 15) is 4.79 Å². The third-order valence-electron chi connectivity index (χ3n) is 4.01. The Morgan fingerprint density at radius 3 is 2.71 bits per heavy atom. The van der Waals surface area contributed by atoms with Gasteiger partial charge in [-0.3, -0.25) is 10.0 Å². The topological polar surface area (TPSA) is 40.5 Å². The van der Waals surface area contributed by atoms with E-state index >= 15 is 0 Å². The first-order valence-electron chi connectivity index (χ1n) is 5.11. The first-order valence-corrected chi connectivity index (χ1v) is 5.11. The maximum Gasteiger partial charge on any atom is 0.272 e. The van der Waals surface area contributed by atoms with Crippen LogP contribution in [0.1, 0.15) is 26.7 Å². The summed E-state index contributed by atoms with van der Waals surface area (Å²) in [5, 5.41) is 9.82. The normalized spacial score (nSPS) is 33.0. The minimum Gasteiger partial charge on any atom is -0.286 e. The average molecular weight is 195 g/mol. The van der Waals surface area contributed by atoms with Gasteiger partial charge in [0.15, 0.2) is 0 Å². The van der Waals surface area contributed by atoms with E-state index < -0.39 is 0 Å². The highest BCUT2D eigenvalue weighted by Gasteiger charge is 2.52. The number of hydrogen-bond donors (Lipinski definition) is 1. The Morgan fingerprint density at radius 2 is 2.29 bits per heavy atom. The number of fused-ring (bicyclic) bond motifs is 1. The van der Waals surface area contributed by atoms with Crippen molar-refractivity contribution in [2.24, 2.45) is 17.3 Å². The number of carbonyl (C=O) groups excluding carboxylic acids is 1. The van der Waals surface area contributed by atoms with Gasteiger partial charge in [0, 0.05) is 12.6 Å². The van der Waals surface area contributed by atoms with Crippen molar-refractivity contribution in [2.75, 3.05) is 7.05 Å². The molecule has 0 heterocycles. The van der Waals surface area contributed by atoms with E-state index in [0.717, 1.165) is 24.3 Å². The minimum atomic E-state index is -0.235. The van der Waals surface area contributed by atoms with Crippen LogP contribution in [0.15, 0.2) is 11.6 Å². The molecular weight excluding hydrogens is 178 g/mol. The molecule has 0 aromatic rings. The van der Waals surface area contributed by atoms with Crippen molar-refractivity contribution in [3.63, 3.8) is 0 Å². The molecule has 3 aliphatic rings. The third kappa shape index (κ3) is 1.12. The molecule has 0 radical (unpaired) electrons. The van der Waals surface area contributed by atoms with Crippen LogP contribution in [0.4, 0.5) is 0 Å². The molecule has 2 unspecified atom stereocenters. The van der Waals surface area contributed by atoms with Crippen molar-refractivity contribution in [1.29, 1.82) is 0 Å². The molecular formula is C11H17NO2. The Morgan fingerprint density at radius 1 is 1.64 bits per heavy atom. The number of hydrogen-bond acceptors (Lipinski definition) is 2. The zero-order valence-electron chi connectivity index (χ0n) is 8.95. The third-order valence-corrected chi connectivity index (χ3v) is 4.01.